The largest absolute Gasteiger partial charge is 0.449 e. The van der Waals surface area contributed by atoms with Crippen LogP contribution in [0.2, 0.25) is 0 Å². The third-order valence-corrected chi connectivity index (χ3v) is 5.76. The van der Waals surface area contributed by atoms with Crippen LogP contribution in [0, 0.1) is 0 Å². The van der Waals surface area contributed by atoms with Crippen LogP contribution in [0.15, 0.2) is 66.2 Å². The number of allylic oxidation sites excluding steroid dienone is 1. The average Bonchev–Trinajstić information content (AvgIpc) is 2.77. The molecule has 154 valence electrons. The van der Waals surface area contributed by atoms with Crippen LogP contribution in [0.4, 0.5) is 0 Å². The number of ether oxygens (including phenoxy) is 1. The summed E-state index contributed by atoms with van der Waals surface area (Å²) in [4.78, 5) is 25.6. The van der Waals surface area contributed by atoms with Crippen molar-refractivity contribution in [2.45, 2.75) is 45.1 Å². The number of hydrogen-bond donors (Lipinski definition) is 1. The summed E-state index contributed by atoms with van der Waals surface area (Å²) in [5.41, 5.74) is 1.92. The molecule has 30 heavy (non-hydrogen) atoms. The Morgan fingerprint density at radius 3 is 2.30 bits per heavy atom. The lowest BCUT2D eigenvalue weighted by Crippen LogP contribution is -2.36. The van der Waals surface area contributed by atoms with Gasteiger partial charge in [-0.3, -0.25) is 4.79 Å². The molecule has 1 amide bonds. The van der Waals surface area contributed by atoms with Crippen LogP contribution in [-0.2, 0) is 9.53 Å². The van der Waals surface area contributed by atoms with Gasteiger partial charge in [0.2, 0.25) is 0 Å². The first kappa shape index (κ1) is 20.1. The topological polar surface area (TPSA) is 55.4 Å². The maximum absolute atomic E-state index is 13.1. The molecule has 4 heteroatoms. The van der Waals surface area contributed by atoms with Crippen molar-refractivity contribution in [3.05, 3.63) is 71.8 Å². The van der Waals surface area contributed by atoms with Crippen molar-refractivity contribution in [1.29, 1.82) is 0 Å². The Kier molecular flexibility index (Phi) is 6.12. The van der Waals surface area contributed by atoms with Crippen molar-refractivity contribution in [1.82, 2.24) is 5.32 Å². The third kappa shape index (κ3) is 4.38. The fourth-order valence-electron chi connectivity index (χ4n) is 4.13. The molecule has 4 rings (SSSR count). The van der Waals surface area contributed by atoms with E-state index >= 15 is 0 Å². The molecular weight excluding hydrogens is 374 g/mol. The van der Waals surface area contributed by atoms with E-state index in [1.165, 1.54) is 18.4 Å². The van der Waals surface area contributed by atoms with E-state index in [4.69, 9.17) is 4.74 Å². The van der Waals surface area contributed by atoms with Crippen molar-refractivity contribution in [3.63, 3.8) is 0 Å². The van der Waals surface area contributed by atoms with Gasteiger partial charge in [-0.1, -0.05) is 60.2 Å². The molecule has 4 nitrogen and oxygen atoms in total. The Balaban J connectivity index is 1.48. The summed E-state index contributed by atoms with van der Waals surface area (Å²) in [5.74, 6) is -0.732. The first-order chi connectivity index (χ1) is 14.6. The quantitative estimate of drug-likeness (QED) is 0.335. The van der Waals surface area contributed by atoms with E-state index in [0.717, 1.165) is 40.8 Å². The van der Waals surface area contributed by atoms with Crippen LogP contribution >= 0.6 is 0 Å². The summed E-state index contributed by atoms with van der Waals surface area (Å²) in [5, 5.41) is 6.51. The summed E-state index contributed by atoms with van der Waals surface area (Å²) < 4.78 is 5.59. The lowest BCUT2D eigenvalue weighted by atomic mass is 9.97. The molecule has 1 aliphatic carbocycles. The van der Waals surface area contributed by atoms with E-state index in [9.17, 15) is 9.59 Å². The molecule has 3 aromatic carbocycles. The number of carbonyl (C=O) groups excluding carboxylic acids is 2. The van der Waals surface area contributed by atoms with Crippen molar-refractivity contribution < 1.29 is 14.3 Å². The third-order valence-electron chi connectivity index (χ3n) is 5.76. The van der Waals surface area contributed by atoms with Gasteiger partial charge in [-0.05, 0) is 66.6 Å². The molecular formula is C26H27NO3. The lowest BCUT2D eigenvalue weighted by Gasteiger charge is -2.17. The molecule has 0 bridgehead atoms. The molecule has 0 fully saturated rings. The molecule has 0 saturated heterocycles. The zero-order chi connectivity index (χ0) is 20.9. The van der Waals surface area contributed by atoms with Crippen LogP contribution < -0.4 is 5.32 Å². The molecule has 1 unspecified atom stereocenters. The molecule has 1 atom stereocenters. The van der Waals surface area contributed by atoms with Gasteiger partial charge in [0.05, 0.1) is 5.56 Å². The minimum absolute atomic E-state index is 0.260. The minimum Gasteiger partial charge on any atom is -0.449 e. The fraction of sp³-hybridized carbons (Fsp3) is 0.308. The second-order valence-electron chi connectivity index (χ2n) is 7.89. The van der Waals surface area contributed by atoms with Crippen molar-refractivity contribution in [2.75, 3.05) is 6.54 Å². The number of nitrogens with one attached hydrogen (secondary N) is 1. The monoisotopic (exact) mass is 401 g/mol. The number of carbonyl (C=O) groups is 2. The number of amides is 1. The van der Waals surface area contributed by atoms with E-state index < -0.39 is 12.1 Å². The highest BCUT2D eigenvalue weighted by Gasteiger charge is 2.22. The zero-order valence-electron chi connectivity index (χ0n) is 17.3. The summed E-state index contributed by atoms with van der Waals surface area (Å²) in [7, 11) is 0. The Bertz CT molecular complexity index is 1060. The molecule has 1 aliphatic rings. The van der Waals surface area contributed by atoms with E-state index in [1.54, 1.807) is 6.92 Å². The van der Waals surface area contributed by atoms with Crippen LogP contribution in [0.25, 0.3) is 21.5 Å². The Morgan fingerprint density at radius 1 is 1.00 bits per heavy atom. The SMILES string of the molecule is CC(OC(=O)c1c2ccccc2cc2ccccc12)C(=O)NCCC1=CCCCC1. The molecule has 0 heterocycles. The zero-order valence-corrected chi connectivity index (χ0v) is 17.3. The number of fused-ring (bicyclic) bond motifs is 2. The van der Waals surface area contributed by atoms with Crippen LogP contribution in [0.3, 0.4) is 0 Å². The molecule has 1 N–H and O–H groups in total. The maximum atomic E-state index is 13.1. The molecule has 0 saturated carbocycles. The summed E-state index contributed by atoms with van der Waals surface area (Å²) in [6.45, 7) is 2.20. The average molecular weight is 402 g/mol. The van der Waals surface area contributed by atoms with E-state index in [-0.39, 0.29) is 5.91 Å². The van der Waals surface area contributed by atoms with Gasteiger partial charge in [0, 0.05) is 6.54 Å². The Hall–Kier alpha value is -3.14. The predicted octanol–water partition coefficient (Wildman–Crippen LogP) is 5.55. The second-order valence-corrected chi connectivity index (χ2v) is 7.89. The van der Waals surface area contributed by atoms with Gasteiger partial charge in [-0.2, -0.15) is 0 Å². The normalized spacial score (nSPS) is 14.9. The molecule has 0 aliphatic heterocycles. The smallest absolute Gasteiger partial charge is 0.340 e. The van der Waals surface area contributed by atoms with Crippen LogP contribution in [0.5, 0.6) is 0 Å². The summed E-state index contributed by atoms with van der Waals surface area (Å²) in [6.07, 6.45) is 7.03. The summed E-state index contributed by atoms with van der Waals surface area (Å²) in [6, 6.07) is 17.6. The van der Waals surface area contributed by atoms with Gasteiger partial charge in [0.1, 0.15) is 0 Å². The van der Waals surface area contributed by atoms with Gasteiger partial charge in [0.25, 0.3) is 5.91 Å². The molecule has 0 spiro atoms. The second kappa shape index (κ2) is 9.12. The van der Waals surface area contributed by atoms with Gasteiger partial charge >= 0.3 is 5.97 Å². The Labute approximate surface area is 176 Å². The van der Waals surface area contributed by atoms with E-state index in [1.807, 2.05) is 48.5 Å². The van der Waals surface area contributed by atoms with Gasteiger partial charge in [0.15, 0.2) is 6.10 Å². The minimum atomic E-state index is -0.851. The van der Waals surface area contributed by atoms with Gasteiger partial charge in [-0.15, -0.1) is 0 Å². The first-order valence-corrected chi connectivity index (χ1v) is 10.7. The maximum Gasteiger partial charge on any atom is 0.340 e. The Morgan fingerprint density at radius 2 is 1.67 bits per heavy atom. The van der Waals surface area contributed by atoms with Crippen molar-refractivity contribution in [3.8, 4) is 0 Å². The lowest BCUT2D eigenvalue weighted by molar-refractivity contribution is -0.129. The summed E-state index contributed by atoms with van der Waals surface area (Å²) >= 11 is 0. The molecule has 0 radical (unpaired) electrons. The van der Waals surface area contributed by atoms with E-state index in [0.29, 0.717) is 12.1 Å². The standard InChI is InChI=1S/C26H27NO3/c1-18(25(28)27-16-15-19-9-3-2-4-10-19)30-26(29)24-22-13-7-5-11-20(22)17-21-12-6-8-14-23(21)24/h5-9,11-14,17-18H,2-4,10,15-16H2,1H3,(H,27,28). The predicted molar refractivity (Wildman–Crippen MR) is 121 cm³/mol. The van der Waals surface area contributed by atoms with Gasteiger partial charge in [-0.25, -0.2) is 4.79 Å². The highest BCUT2D eigenvalue weighted by atomic mass is 16.5. The number of rotatable bonds is 6. The number of esters is 1. The molecule has 0 aromatic heterocycles. The van der Waals surface area contributed by atoms with Crippen molar-refractivity contribution >= 4 is 33.4 Å². The number of benzene rings is 3. The highest BCUT2D eigenvalue weighted by Crippen LogP contribution is 2.29. The van der Waals surface area contributed by atoms with Crippen LogP contribution in [0.1, 0.15) is 49.4 Å². The first-order valence-electron chi connectivity index (χ1n) is 10.7. The van der Waals surface area contributed by atoms with Crippen molar-refractivity contribution in [2.24, 2.45) is 0 Å². The highest BCUT2D eigenvalue weighted by molar-refractivity contribution is 6.16. The number of hydrogen-bond acceptors (Lipinski definition) is 3. The van der Waals surface area contributed by atoms with E-state index in [2.05, 4.69) is 17.5 Å². The molecule has 3 aromatic rings. The van der Waals surface area contributed by atoms with Crippen LogP contribution in [-0.4, -0.2) is 24.5 Å². The van der Waals surface area contributed by atoms with Gasteiger partial charge < -0.3 is 10.1 Å². The fourth-order valence-corrected chi connectivity index (χ4v) is 4.13.